The molecule has 1 rings (SSSR count). The Kier molecular flexibility index (Phi) is 6.51. The van der Waals surface area contributed by atoms with Crippen LogP contribution in [0.15, 0.2) is 24.3 Å². The van der Waals surface area contributed by atoms with Crippen LogP contribution in [0.25, 0.3) is 0 Å². The number of hydrogen-bond donors (Lipinski definition) is 1. The van der Waals surface area contributed by atoms with Crippen LogP contribution in [0, 0.1) is 5.92 Å². The molecule has 1 N–H and O–H groups in total. The molecule has 0 radical (unpaired) electrons. The maximum atomic E-state index is 12.0. The molecule has 0 saturated carbocycles. The Hall–Kier alpha value is -1.24. The molecule has 1 unspecified atom stereocenters. The lowest BCUT2D eigenvalue weighted by atomic mass is 10.1. The Morgan fingerprint density at radius 2 is 1.86 bits per heavy atom. The maximum Gasteiger partial charge on any atom is 0.573 e. The summed E-state index contributed by atoms with van der Waals surface area (Å²) in [7, 11) is 0. The van der Waals surface area contributed by atoms with Gasteiger partial charge >= 0.3 is 6.36 Å². The van der Waals surface area contributed by atoms with Crippen molar-refractivity contribution in [2.45, 2.75) is 31.5 Å². The minimum absolute atomic E-state index is 0.161. The van der Waals surface area contributed by atoms with Gasteiger partial charge in [-0.15, -0.1) is 13.2 Å². The van der Waals surface area contributed by atoms with Crippen LogP contribution in [0.3, 0.4) is 0 Å². The Balaban J connectivity index is 2.52. The molecule has 0 aliphatic carbocycles. The number of amides is 1. The molecule has 0 bridgehead atoms. The minimum atomic E-state index is -4.73. The van der Waals surface area contributed by atoms with Gasteiger partial charge in [0.1, 0.15) is 5.75 Å². The Labute approximate surface area is 130 Å². The van der Waals surface area contributed by atoms with E-state index in [1.54, 1.807) is 0 Å². The fourth-order valence-electron chi connectivity index (χ4n) is 1.71. The second-order valence-electron chi connectivity index (χ2n) is 5.01. The zero-order valence-electron chi connectivity index (χ0n) is 11.7. The van der Waals surface area contributed by atoms with E-state index in [0.717, 1.165) is 18.6 Å². The average molecular weight is 368 g/mol. The molecule has 3 nitrogen and oxygen atoms in total. The number of carbonyl (C=O) groups excluding carboxylic acids is 1. The monoisotopic (exact) mass is 367 g/mol. The summed E-state index contributed by atoms with van der Waals surface area (Å²) in [4.78, 5) is 12.0. The molecule has 0 spiro atoms. The number of nitrogens with one attached hydrogen (secondary N) is 1. The lowest BCUT2D eigenvalue weighted by Crippen LogP contribution is -2.30. The molecule has 0 fully saturated rings. The van der Waals surface area contributed by atoms with E-state index in [1.165, 1.54) is 12.1 Å². The van der Waals surface area contributed by atoms with Crippen molar-refractivity contribution in [2.75, 3.05) is 6.54 Å². The maximum absolute atomic E-state index is 12.0. The van der Waals surface area contributed by atoms with Crippen LogP contribution in [0.4, 0.5) is 13.2 Å². The predicted molar refractivity (Wildman–Crippen MR) is 77.6 cm³/mol. The molecule has 0 aromatic heterocycles. The second-order valence-corrected chi connectivity index (χ2v) is 6.30. The van der Waals surface area contributed by atoms with E-state index in [1.807, 2.05) is 0 Å². The van der Waals surface area contributed by atoms with Crippen molar-refractivity contribution in [3.8, 4) is 5.75 Å². The molecular weight excluding hydrogens is 351 g/mol. The number of halogens is 4. The molecule has 1 aromatic rings. The molecule has 0 aliphatic rings. The summed E-state index contributed by atoms with van der Waals surface area (Å²) in [5, 5.41) is 2.72. The third kappa shape index (κ3) is 7.36. The van der Waals surface area contributed by atoms with E-state index in [0.29, 0.717) is 12.5 Å². The number of alkyl halides is 4. The van der Waals surface area contributed by atoms with Crippen LogP contribution in [0.1, 0.15) is 30.6 Å². The van der Waals surface area contributed by atoms with Crippen LogP contribution in [-0.2, 0) is 0 Å². The first kappa shape index (κ1) is 17.8. The van der Waals surface area contributed by atoms with Gasteiger partial charge in [-0.05, 0) is 36.6 Å². The van der Waals surface area contributed by atoms with Crippen molar-refractivity contribution < 1.29 is 22.7 Å². The highest BCUT2D eigenvalue weighted by atomic mass is 79.9. The largest absolute Gasteiger partial charge is 0.573 e. The fourth-order valence-corrected chi connectivity index (χ4v) is 2.62. The Morgan fingerprint density at radius 1 is 1.29 bits per heavy atom. The molecule has 118 valence electrons. The van der Waals surface area contributed by atoms with Crippen molar-refractivity contribution in [2.24, 2.45) is 5.92 Å². The SMILES string of the molecule is CC(C)CC(Br)CNC(=O)c1ccc(OC(F)(F)F)cc1. The summed E-state index contributed by atoms with van der Waals surface area (Å²) in [6.45, 7) is 4.61. The van der Waals surface area contributed by atoms with E-state index in [9.17, 15) is 18.0 Å². The van der Waals surface area contributed by atoms with E-state index in [4.69, 9.17) is 0 Å². The normalized spacial score (nSPS) is 13.1. The molecule has 0 saturated heterocycles. The zero-order chi connectivity index (χ0) is 16.0. The van der Waals surface area contributed by atoms with Gasteiger partial charge in [-0.2, -0.15) is 0 Å². The van der Waals surface area contributed by atoms with Gasteiger partial charge < -0.3 is 10.1 Å². The second kappa shape index (κ2) is 7.68. The van der Waals surface area contributed by atoms with Crippen LogP contribution in [0.2, 0.25) is 0 Å². The highest BCUT2D eigenvalue weighted by Gasteiger charge is 2.31. The molecule has 1 amide bonds. The first-order valence-electron chi connectivity index (χ1n) is 6.45. The van der Waals surface area contributed by atoms with Gasteiger partial charge in [0.05, 0.1) is 0 Å². The van der Waals surface area contributed by atoms with E-state index < -0.39 is 6.36 Å². The highest BCUT2D eigenvalue weighted by molar-refractivity contribution is 9.09. The number of ether oxygens (including phenoxy) is 1. The van der Waals surface area contributed by atoms with E-state index >= 15 is 0 Å². The van der Waals surface area contributed by atoms with Crippen molar-refractivity contribution >= 4 is 21.8 Å². The molecule has 0 heterocycles. The minimum Gasteiger partial charge on any atom is -0.406 e. The van der Waals surface area contributed by atoms with Crippen molar-refractivity contribution in [1.29, 1.82) is 0 Å². The number of carbonyl (C=O) groups is 1. The third-order valence-electron chi connectivity index (χ3n) is 2.56. The topological polar surface area (TPSA) is 38.3 Å². The van der Waals surface area contributed by atoms with Crippen molar-refractivity contribution in [1.82, 2.24) is 5.32 Å². The summed E-state index contributed by atoms with van der Waals surface area (Å²) >= 11 is 3.46. The Bertz CT molecular complexity index is 460. The standard InChI is InChI=1S/C14H17BrF3NO2/c1-9(2)7-11(15)8-19-13(20)10-3-5-12(6-4-10)21-14(16,17)18/h3-6,9,11H,7-8H2,1-2H3,(H,19,20). The smallest absolute Gasteiger partial charge is 0.406 e. The van der Waals surface area contributed by atoms with Crippen molar-refractivity contribution in [3.63, 3.8) is 0 Å². The Morgan fingerprint density at radius 3 is 2.33 bits per heavy atom. The lowest BCUT2D eigenvalue weighted by Gasteiger charge is -2.13. The molecule has 0 aliphatic heterocycles. The predicted octanol–water partition coefficient (Wildman–Crippen LogP) is 4.12. The van der Waals surface area contributed by atoms with E-state index in [2.05, 4.69) is 39.8 Å². The third-order valence-corrected chi connectivity index (χ3v) is 3.26. The van der Waals surface area contributed by atoms with Gasteiger partial charge in [-0.3, -0.25) is 4.79 Å². The fraction of sp³-hybridized carbons (Fsp3) is 0.500. The average Bonchev–Trinajstić information content (AvgIpc) is 2.34. The number of hydrogen-bond acceptors (Lipinski definition) is 2. The summed E-state index contributed by atoms with van der Waals surface area (Å²) < 4.78 is 39.8. The summed E-state index contributed by atoms with van der Waals surface area (Å²) in [6.07, 6.45) is -3.82. The van der Waals surface area contributed by atoms with Gasteiger partial charge in [-0.1, -0.05) is 29.8 Å². The lowest BCUT2D eigenvalue weighted by molar-refractivity contribution is -0.274. The van der Waals surface area contributed by atoms with Gasteiger partial charge in [0.25, 0.3) is 5.91 Å². The number of benzene rings is 1. The molecular formula is C14H17BrF3NO2. The van der Waals surface area contributed by atoms with Gasteiger partial charge in [0.2, 0.25) is 0 Å². The molecule has 21 heavy (non-hydrogen) atoms. The molecule has 1 atom stereocenters. The summed E-state index contributed by atoms with van der Waals surface area (Å²) in [5.41, 5.74) is 0.286. The first-order valence-corrected chi connectivity index (χ1v) is 7.37. The molecule has 1 aromatic carbocycles. The van der Waals surface area contributed by atoms with Gasteiger partial charge in [0.15, 0.2) is 0 Å². The van der Waals surface area contributed by atoms with Crippen LogP contribution < -0.4 is 10.1 Å². The van der Waals surface area contributed by atoms with Gasteiger partial charge in [-0.25, -0.2) is 0 Å². The zero-order valence-corrected chi connectivity index (χ0v) is 13.3. The van der Waals surface area contributed by atoms with Crippen molar-refractivity contribution in [3.05, 3.63) is 29.8 Å². The van der Waals surface area contributed by atoms with Crippen LogP contribution in [-0.4, -0.2) is 23.6 Å². The van der Waals surface area contributed by atoms with E-state index in [-0.39, 0.29) is 22.0 Å². The number of rotatable bonds is 6. The van der Waals surface area contributed by atoms with Gasteiger partial charge in [0, 0.05) is 16.9 Å². The van der Waals surface area contributed by atoms with Crippen LogP contribution >= 0.6 is 15.9 Å². The highest BCUT2D eigenvalue weighted by Crippen LogP contribution is 2.22. The quantitative estimate of drug-likeness (QED) is 0.767. The molecule has 7 heteroatoms. The first-order chi connectivity index (χ1) is 9.67. The summed E-state index contributed by atoms with van der Waals surface area (Å²) in [5.74, 6) is -0.177. The van der Waals surface area contributed by atoms with Crippen LogP contribution in [0.5, 0.6) is 5.75 Å². The summed E-state index contributed by atoms with van der Waals surface area (Å²) in [6, 6.07) is 4.81.